The second-order valence-electron chi connectivity index (χ2n) is 12.6. The summed E-state index contributed by atoms with van der Waals surface area (Å²) in [6.07, 6.45) is 0. The van der Waals surface area contributed by atoms with Crippen LogP contribution >= 0.6 is 0 Å². The highest BCUT2D eigenvalue weighted by atomic mass is 14.3. The molecule has 1 heterocycles. The smallest absolute Gasteiger partial charge is 0.0664 e. The van der Waals surface area contributed by atoms with E-state index in [-0.39, 0.29) is 6.71 Å². The van der Waals surface area contributed by atoms with Gasteiger partial charge in [0.2, 0.25) is 6.71 Å². The van der Waals surface area contributed by atoms with Crippen LogP contribution in [0.1, 0.15) is 16.7 Å². The first kappa shape index (κ1) is 25.4. The highest BCUT2D eigenvalue weighted by Gasteiger charge is 2.35. The lowest BCUT2D eigenvalue weighted by atomic mass is 9.32. The van der Waals surface area contributed by atoms with Crippen LogP contribution in [0.15, 0.2) is 133 Å². The summed E-state index contributed by atoms with van der Waals surface area (Å²) in [5.41, 5.74) is 16.1. The molecular weight excluding hydrogens is 527 g/mol. The van der Waals surface area contributed by atoms with Crippen LogP contribution in [0.4, 0.5) is 0 Å². The van der Waals surface area contributed by atoms with Gasteiger partial charge in [-0.25, -0.2) is 0 Å². The van der Waals surface area contributed by atoms with Gasteiger partial charge in [0.25, 0.3) is 0 Å². The maximum absolute atomic E-state index is 2.55. The van der Waals surface area contributed by atoms with Crippen LogP contribution in [-0.4, -0.2) is 6.71 Å². The third-order valence-corrected chi connectivity index (χ3v) is 9.98. The van der Waals surface area contributed by atoms with E-state index in [0.717, 1.165) is 0 Å². The van der Waals surface area contributed by atoms with Crippen LogP contribution < -0.4 is 16.4 Å². The van der Waals surface area contributed by atoms with E-state index in [2.05, 4.69) is 154 Å². The molecule has 8 aromatic rings. The van der Waals surface area contributed by atoms with Gasteiger partial charge in [0.15, 0.2) is 0 Å². The van der Waals surface area contributed by atoms with Gasteiger partial charge >= 0.3 is 0 Å². The highest BCUT2D eigenvalue weighted by molar-refractivity contribution is 6.99. The van der Waals surface area contributed by atoms with E-state index in [1.54, 1.807) is 0 Å². The maximum Gasteiger partial charge on any atom is 0.243 e. The lowest BCUT2D eigenvalue weighted by molar-refractivity contribution is 1.35. The quantitative estimate of drug-likeness (QED) is 0.150. The zero-order valence-electron chi connectivity index (χ0n) is 25.3. The minimum absolute atomic E-state index is 0.150. The average molecular weight is 559 g/mol. The van der Waals surface area contributed by atoms with Crippen LogP contribution in [0.5, 0.6) is 0 Å². The lowest BCUT2D eigenvalue weighted by Crippen LogP contribution is -2.56. The molecule has 0 aliphatic carbocycles. The van der Waals surface area contributed by atoms with Gasteiger partial charge in [0, 0.05) is 0 Å². The van der Waals surface area contributed by atoms with Crippen LogP contribution in [0.3, 0.4) is 0 Å². The number of hydrogen-bond acceptors (Lipinski definition) is 0. The summed E-state index contributed by atoms with van der Waals surface area (Å²) in [6, 6.07) is 50.1. The standard InChI is InChI=1S/C43H31B/c1-26-22-27(2)43(28(3)23-26)44-38-17-11-10-16-33(38)36-24-35(30-14-8-5-9-15-30)34-21-19-31-18-20-32(29-12-6-4-7-13-29)37-25-39(44)41(36)42(34)40(31)37/h4-25H,1-3H3. The van der Waals surface area contributed by atoms with Crippen molar-refractivity contribution in [2.75, 3.05) is 0 Å². The fraction of sp³-hybridized carbons (Fsp3) is 0.0698. The third-order valence-electron chi connectivity index (χ3n) is 9.98. The summed E-state index contributed by atoms with van der Waals surface area (Å²) in [4.78, 5) is 0. The van der Waals surface area contributed by atoms with Crippen molar-refractivity contribution in [1.82, 2.24) is 0 Å². The minimum Gasteiger partial charge on any atom is -0.0664 e. The van der Waals surface area contributed by atoms with Gasteiger partial charge in [-0.05, 0) is 92.5 Å². The Bertz CT molecular complexity index is 2380. The number of benzene rings is 8. The molecule has 8 aromatic carbocycles. The Balaban J connectivity index is 1.53. The van der Waals surface area contributed by atoms with Crippen molar-refractivity contribution in [2.24, 2.45) is 0 Å². The third kappa shape index (κ3) is 3.53. The number of hydrogen-bond donors (Lipinski definition) is 0. The van der Waals surface area contributed by atoms with Crippen molar-refractivity contribution in [1.29, 1.82) is 0 Å². The van der Waals surface area contributed by atoms with E-state index in [1.165, 1.54) is 98.8 Å². The number of aryl methyl sites for hydroxylation is 3. The Morgan fingerprint density at radius 1 is 0.409 bits per heavy atom. The molecule has 206 valence electrons. The molecule has 1 heteroatoms. The molecule has 0 fully saturated rings. The van der Waals surface area contributed by atoms with E-state index in [1.807, 2.05) is 0 Å². The molecule has 44 heavy (non-hydrogen) atoms. The van der Waals surface area contributed by atoms with Gasteiger partial charge < -0.3 is 0 Å². The van der Waals surface area contributed by atoms with E-state index < -0.39 is 0 Å². The summed E-state index contributed by atoms with van der Waals surface area (Å²) in [5.74, 6) is 0. The Kier molecular flexibility index (Phi) is 5.44. The Hall–Kier alpha value is -5.14. The van der Waals surface area contributed by atoms with Gasteiger partial charge in [-0.2, -0.15) is 0 Å². The molecule has 0 unspecified atom stereocenters. The molecule has 1 aliphatic heterocycles. The van der Waals surface area contributed by atoms with E-state index >= 15 is 0 Å². The second kappa shape index (κ2) is 9.43. The minimum atomic E-state index is 0.150. The van der Waals surface area contributed by atoms with Gasteiger partial charge in [-0.1, -0.05) is 160 Å². The summed E-state index contributed by atoms with van der Waals surface area (Å²) in [7, 11) is 0. The van der Waals surface area contributed by atoms with E-state index in [9.17, 15) is 0 Å². The Morgan fingerprint density at radius 3 is 1.77 bits per heavy atom. The molecule has 0 N–H and O–H groups in total. The molecule has 0 aromatic heterocycles. The van der Waals surface area contributed by atoms with Crippen LogP contribution in [0.2, 0.25) is 0 Å². The number of fused-ring (bicyclic) bond motifs is 2. The van der Waals surface area contributed by atoms with Crippen molar-refractivity contribution in [3.05, 3.63) is 150 Å². The molecule has 0 spiro atoms. The lowest BCUT2D eigenvalue weighted by Gasteiger charge is -2.32. The molecule has 0 radical (unpaired) electrons. The van der Waals surface area contributed by atoms with Crippen LogP contribution in [-0.2, 0) is 0 Å². The van der Waals surface area contributed by atoms with Gasteiger partial charge in [0.1, 0.15) is 0 Å². The van der Waals surface area contributed by atoms with Crippen molar-refractivity contribution >= 4 is 55.4 Å². The molecular formula is C43H31B. The summed E-state index contributed by atoms with van der Waals surface area (Å²) in [6.45, 7) is 6.97. The SMILES string of the molecule is Cc1cc(C)c(B2c3ccccc3-c3cc(-c4ccccc4)c4ccc5ccc(-c6ccccc6)c6cc2c3c4c56)c(C)c1. The van der Waals surface area contributed by atoms with Crippen molar-refractivity contribution in [3.8, 4) is 33.4 Å². The van der Waals surface area contributed by atoms with Gasteiger partial charge in [-0.3, -0.25) is 0 Å². The first-order valence-corrected chi connectivity index (χ1v) is 15.6. The zero-order chi connectivity index (χ0) is 29.5. The molecule has 0 saturated heterocycles. The summed E-state index contributed by atoms with van der Waals surface area (Å²) < 4.78 is 0. The fourth-order valence-electron chi connectivity index (χ4n) is 8.32. The molecule has 1 aliphatic rings. The molecule has 0 amide bonds. The molecule has 0 nitrogen and oxygen atoms in total. The molecule has 0 bridgehead atoms. The predicted octanol–water partition coefficient (Wildman–Crippen LogP) is 9.34. The van der Waals surface area contributed by atoms with Crippen LogP contribution in [0, 0.1) is 20.8 Å². The first-order valence-electron chi connectivity index (χ1n) is 15.6. The van der Waals surface area contributed by atoms with Crippen molar-refractivity contribution in [2.45, 2.75) is 20.8 Å². The molecule has 9 rings (SSSR count). The highest BCUT2D eigenvalue weighted by Crippen LogP contribution is 2.46. The fourth-order valence-corrected chi connectivity index (χ4v) is 8.32. The summed E-state index contributed by atoms with van der Waals surface area (Å²) >= 11 is 0. The topological polar surface area (TPSA) is 0 Å². The number of rotatable bonds is 3. The summed E-state index contributed by atoms with van der Waals surface area (Å²) in [5, 5.41) is 8.14. The Morgan fingerprint density at radius 2 is 1.05 bits per heavy atom. The monoisotopic (exact) mass is 558 g/mol. The normalized spacial score (nSPS) is 12.4. The largest absolute Gasteiger partial charge is 0.243 e. The maximum atomic E-state index is 2.55. The van der Waals surface area contributed by atoms with Crippen molar-refractivity contribution < 1.29 is 0 Å². The average Bonchev–Trinajstić information content (AvgIpc) is 3.05. The van der Waals surface area contributed by atoms with Crippen molar-refractivity contribution in [3.63, 3.8) is 0 Å². The van der Waals surface area contributed by atoms with Gasteiger partial charge in [0.05, 0.1) is 0 Å². The molecule has 0 saturated carbocycles. The first-order chi connectivity index (χ1) is 21.6. The second-order valence-corrected chi connectivity index (χ2v) is 12.6. The van der Waals surface area contributed by atoms with Gasteiger partial charge in [-0.15, -0.1) is 0 Å². The predicted molar refractivity (Wildman–Crippen MR) is 192 cm³/mol. The van der Waals surface area contributed by atoms with Crippen LogP contribution in [0.25, 0.3) is 65.7 Å². The van der Waals surface area contributed by atoms with E-state index in [0.29, 0.717) is 0 Å². The molecule has 0 atom stereocenters. The Labute approximate surface area is 259 Å². The zero-order valence-corrected chi connectivity index (χ0v) is 25.3. The van der Waals surface area contributed by atoms with E-state index in [4.69, 9.17) is 0 Å².